The van der Waals surface area contributed by atoms with Crippen LogP contribution in [0.2, 0.25) is 10.0 Å². The normalized spacial score (nSPS) is 21.3. The number of rotatable bonds is 5. The number of hydrogen-bond donors (Lipinski definition) is 1. The highest BCUT2D eigenvalue weighted by molar-refractivity contribution is 6.35. The fraction of sp³-hybridized carbons (Fsp3) is 0.524. The van der Waals surface area contributed by atoms with Crippen molar-refractivity contribution in [3.05, 3.63) is 45.1 Å². The standard InChI is InChI=1S/C21H27Cl2N3O3/c1-4-29-20(27)18-17(12-26-9-7-13(2)8-10-26)25(3)21(28)24-19(18)15-6-5-14(22)11-16(15)23/h5-6,11,13,19H,4,7-10,12H2,1-3H3,(H,24,28). The highest BCUT2D eigenvalue weighted by Crippen LogP contribution is 2.36. The van der Waals surface area contributed by atoms with E-state index in [2.05, 4.69) is 17.1 Å². The zero-order valence-corrected chi connectivity index (χ0v) is 18.5. The molecule has 0 spiro atoms. The quantitative estimate of drug-likeness (QED) is 0.696. The summed E-state index contributed by atoms with van der Waals surface area (Å²) in [4.78, 5) is 29.5. The molecule has 0 aliphatic carbocycles. The molecule has 1 aromatic rings. The van der Waals surface area contributed by atoms with E-state index >= 15 is 0 Å². The molecule has 2 aliphatic rings. The van der Waals surface area contributed by atoms with E-state index < -0.39 is 12.0 Å². The van der Waals surface area contributed by atoms with E-state index in [1.165, 1.54) is 4.90 Å². The number of esters is 1. The summed E-state index contributed by atoms with van der Waals surface area (Å²) in [6, 6.07) is 4.06. The molecule has 3 rings (SSSR count). The Morgan fingerprint density at radius 2 is 1.97 bits per heavy atom. The summed E-state index contributed by atoms with van der Waals surface area (Å²) in [5.74, 6) is 0.244. The van der Waals surface area contributed by atoms with Gasteiger partial charge in [-0.2, -0.15) is 0 Å². The SMILES string of the molecule is CCOC(=O)C1=C(CN2CCC(C)CC2)N(C)C(=O)NC1c1ccc(Cl)cc1Cl. The van der Waals surface area contributed by atoms with Crippen LogP contribution in [0.3, 0.4) is 0 Å². The lowest BCUT2D eigenvalue weighted by Gasteiger charge is -2.38. The molecule has 2 aliphatic heterocycles. The van der Waals surface area contributed by atoms with Gasteiger partial charge in [-0.15, -0.1) is 0 Å². The van der Waals surface area contributed by atoms with E-state index in [4.69, 9.17) is 27.9 Å². The van der Waals surface area contributed by atoms with Crippen LogP contribution >= 0.6 is 23.2 Å². The third kappa shape index (κ3) is 4.87. The summed E-state index contributed by atoms with van der Waals surface area (Å²) in [5, 5.41) is 3.77. The van der Waals surface area contributed by atoms with Crippen molar-refractivity contribution in [2.75, 3.05) is 33.3 Å². The third-order valence-corrected chi connectivity index (χ3v) is 6.16. The van der Waals surface area contributed by atoms with Crippen molar-refractivity contribution in [3.63, 3.8) is 0 Å². The summed E-state index contributed by atoms with van der Waals surface area (Å²) < 4.78 is 5.35. The minimum atomic E-state index is -0.693. The number of benzene rings is 1. The maximum absolute atomic E-state index is 13.0. The van der Waals surface area contributed by atoms with Gasteiger partial charge >= 0.3 is 12.0 Å². The first-order chi connectivity index (χ1) is 13.8. The van der Waals surface area contributed by atoms with Crippen LogP contribution in [0.15, 0.2) is 29.5 Å². The van der Waals surface area contributed by atoms with E-state index in [0.717, 1.165) is 25.9 Å². The number of nitrogens with one attached hydrogen (secondary N) is 1. The van der Waals surface area contributed by atoms with Crippen molar-refractivity contribution < 1.29 is 14.3 Å². The average Bonchev–Trinajstić information content (AvgIpc) is 2.67. The number of likely N-dealkylation sites (tertiary alicyclic amines) is 1. The van der Waals surface area contributed by atoms with Gasteiger partial charge in [0.2, 0.25) is 0 Å². The second kappa shape index (κ2) is 9.37. The van der Waals surface area contributed by atoms with Crippen molar-refractivity contribution in [3.8, 4) is 0 Å². The van der Waals surface area contributed by atoms with Gasteiger partial charge in [0.15, 0.2) is 0 Å². The number of amides is 2. The smallest absolute Gasteiger partial charge is 0.338 e. The monoisotopic (exact) mass is 439 g/mol. The number of nitrogens with zero attached hydrogens (tertiary/aromatic N) is 2. The van der Waals surface area contributed by atoms with Crippen molar-refractivity contribution in [1.82, 2.24) is 15.1 Å². The lowest BCUT2D eigenvalue weighted by atomic mass is 9.93. The second-order valence-electron chi connectivity index (χ2n) is 7.65. The Morgan fingerprint density at radius 1 is 1.28 bits per heavy atom. The first kappa shape index (κ1) is 21.9. The number of urea groups is 1. The van der Waals surface area contributed by atoms with Crippen LogP contribution in [-0.4, -0.2) is 55.1 Å². The summed E-state index contributed by atoms with van der Waals surface area (Å²) in [6.07, 6.45) is 2.20. The summed E-state index contributed by atoms with van der Waals surface area (Å²) in [5.41, 5.74) is 1.68. The lowest BCUT2D eigenvalue weighted by molar-refractivity contribution is -0.139. The van der Waals surface area contributed by atoms with Gasteiger partial charge in [-0.1, -0.05) is 36.2 Å². The number of ether oxygens (including phenoxy) is 1. The maximum atomic E-state index is 13.0. The average molecular weight is 440 g/mol. The fourth-order valence-electron chi connectivity index (χ4n) is 3.80. The molecule has 1 N–H and O–H groups in total. The molecule has 8 heteroatoms. The number of halogens is 2. The Balaban J connectivity index is 2.05. The third-order valence-electron chi connectivity index (χ3n) is 5.60. The molecular weight excluding hydrogens is 413 g/mol. The molecule has 0 aromatic heterocycles. The molecule has 0 radical (unpaired) electrons. The van der Waals surface area contributed by atoms with Gasteiger partial charge in [0.1, 0.15) is 0 Å². The van der Waals surface area contributed by atoms with Gasteiger partial charge in [-0.25, -0.2) is 9.59 Å². The van der Waals surface area contributed by atoms with Gasteiger partial charge in [0.25, 0.3) is 0 Å². The van der Waals surface area contributed by atoms with Crippen LogP contribution in [0.1, 0.15) is 38.3 Å². The molecule has 1 fully saturated rings. The van der Waals surface area contributed by atoms with Crippen LogP contribution in [0.25, 0.3) is 0 Å². The summed E-state index contributed by atoms with van der Waals surface area (Å²) in [7, 11) is 1.68. The highest BCUT2D eigenvalue weighted by atomic mass is 35.5. The molecule has 2 amide bonds. The molecule has 0 saturated carbocycles. The Bertz CT molecular complexity index is 819. The van der Waals surface area contributed by atoms with Crippen LogP contribution in [0.4, 0.5) is 4.79 Å². The highest BCUT2D eigenvalue weighted by Gasteiger charge is 2.38. The largest absolute Gasteiger partial charge is 0.463 e. The fourth-order valence-corrected chi connectivity index (χ4v) is 4.32. The second-order valence-corrected chi connectivity index (χ2v) is 8.49. The topological polar surface area (TPSA) is 61.9 Å². The molecule has 2 heterocycles. The number of carbonyl (C=O) groups is 2. The zero-order chi connectivity index (χ0) is 21.1. The Morgan fingerprint density at radius 3 is 2.59 bits per heavy atom. The van der Waals surface area contributed by atoms with Gasteiger partial charge in [0, 0.05) is 29.3 Å². The minimum Gasteiger partial charge on any atom is -0.463 e. The minimum absolute atomic E-state index is 0.246. The molecule has 29 heavy (non-hydrogen) atoms. The number of likely N-dealkylation sites (N-methyl/N-ethyl adjacent to an activating group) is 1. The Labute approximate surface area is 181 Å². The van der Waals surface area contributed by atoms with E-state index in [1.54, 1.807) is 32.2 Å². The molecule has 1 atom stereocenters. The van der Waals surface area contributed by atoms with Crippen LogP contribution in [-0.2, 0) is 9.53 Å². The Kier molecular flexibility index (Phi) is 7.09. The van der Waals surface area contributed by atoms with Crippen LogP contribution in [0, 0.1) is 5.92 Å². The van der Waals surface area contributed by atoms with Crippen molar-refractivity contribution in [2.45, 2.75) is 32.7 Å². The van der Waals surface area contributed by atoms with E-state index in [9.17, 15) is 9.59 Å². The van der Waals surface area contributed by atoms with Crippen molar-refractivity contribution in [1.29, 1.82) is 0 Å². The van der Waals surface area contributed by atoms with E-state index in [-0.39, 0.29) is 12.6 Å². The number of hydrogen-bond acceptors (Lipinski definition) is 4. The molecule has 0 bridgehead atoms. The Hall–Kier alpha value is -1.76. The van der Waals surface area contributed by atoms with Gasteiger partial charge in [-0.05, 0) is 56.5 Å². The molecule has 1 aromatic carbocycles. The van der Waals surface area contributed by atoms with Crippen molar-refractivity contribution >= 4 is 35.2 Å². The predicted octanol–water partition coefficient (Wildman–Crippen LogP) is 4.24. The molecule has 158 valence electrons. The van der Waals surface area contributed by atoms with Gasteiger partial charge in [0.05, 0.1) is 18.2 Å². The zero-order valence-electron chi connectivity index (χ0n) is 17.0. The van der Waals surface area contributed by atoms with Gasteiger partial charge in [-0.3, -0.25) is 9.80 Å². The lowest BCUT2D eigenvalue weighted by Crippen LogP contribution is -2.50. The van der Waals surface area contributed by atoms with Crippen LogP contribution < -0.4 is 5.32 Å². The van der Waals surface area contributed by atoms with Crippen molar-refractivity contribution in [2.24, 2.45) is 5.92 Å². The van der Waals surface area contributed by atoms with E-state index in [1.807, 2.05) is 0 Å². The molecular formula is C21H27Cl2N3O3. The predicted molar refractivity (Wildman–Crippen MR) is 114 cm³/mol. The molecule has 6 nitrogen and oxygen atoms in total. The summed E-state index contributed by atoms with van der Waals surface area (Å²) in [6.45, 7) is 6.63. The van der Waals surface area contributed by atoms with Gasteiger partial charge < -0.3 is 10.1 Å². The summed E-state index contributed by atoms with van der Waals surface area (Å²) >= 11 is 12.5. The first-order valence-electron chi connectivity index (χ1n) is 9.93. The van der Waals surface area contributed by atoms with Crippen LogP contribution in [0.5, 0.6) is 0 Å². The number of piperidine rings is 1. The number of carbonyl (C=O) groups excluding carboxylic acids is 2. The van der Waals surface area contributed by atoms with E-state index in [0.29, 0.717) is 39.3 Å². The maximum Gasteiger partial charge on any atom is 0.338 e. The first-order valence-corrected chi connectivity index (χ1v) is 10.7. The molecule has 1 unspecified atom stereocenters. The molecule has 1 saturated heterocycles.